The Kier molecular flexibility index (Phi) is 8.17. The van der Waals surface area contributed by atoms with E-state index in [1.165, 1.54) is 19.5 Å². The molecule has 3 unspecified atom stereocenters. The molecule has 0 aromatic heterocycles. The van der Waals surface area contributed by atoms with Gasteiger partial charge in [0, 0.05) is 30.7 Å². The Bertz CT molecular complexity index is 283. The van der Waals surface area contributed by atoms with Crippen LogP contribution in [-0.2, 0) is 0 Å². The highest BCUT2D eigenvalue weighted by atomic mass is 16.3. The van der Waals surface area contributed by atoms with Crippen LogP contribution in [0.15, 0.2) is 0 Å². The Morgan fingerprint density at radius 2 is 2.00 bits per heavy atom. The number of likely N-dealkylation sites (N-methyl/N-ethyl adjacent to an activating group) is 1. The fourth-order valence-electron chi connectivity index (χ4n) is 3.61. The van der Waals surface area contributed by atoms with Gasteiger partial charge in [-0.2, -0.15) is 0 Å². The van der Waals surface area contributed by atoms with Crippen molar-refractivity contribution in [2.45, 2.75) is 71.5 Å². The molecule has 3 atom stereocenters. The van der Waals surface area contributed by atoms with Gasteiger partial charge >= 0.3 is 0 Å². The zero-order valence-electron chi connectivity index (χ0n) is 14.9. The van der Waals surface area contributed by atoms with Crippen molar-refractivity contribution in [3.63, 3.8) is 0 Å². The van der Waals surface area contributed by atoms with Crippen LogP contribution in [0, 0.1) is 0 Å². The fraction of sp³-hybridized carbons (Fsp3) is 1.00. The van der Waals surface area contributed by atoms with Gasteiger partial charge in [-0.3, -0.25) is 9.80 Å². The van der Waals surface area contributed by atoms with Gasteiger partial charge in [0.05, 0.1) is 6.61 Å². The Morgan fingerprint density at radius 3 is 2.52 bits per heavy atom. The molecule has 1 aliphatic rings. The van der Waals surface area contributed by atoms with Crippen LogP contribution in [0.25, 0.3) is 0 Å². The minimum atomic E-state index is -0.150. The predicted octanol–water partition coefficient (Wildman–Crippen LogP) is 1.93. The summed E-state index contributed by atoms with van der Waals surface area (Å²) in [4.78, 5) is 5.18. The molecule has 0 radical (unpaired) electrons. The lowest BCUT2D eigenvalue weighted by atomic mass is 9.93. The number of likely N-dealkylation sites (tertiary alicyclic amines) is 1. The van der Waals surface area contributed by atoms with Gasteiger partial charge in [0.1, 0.15) is 0 Å². The largest absolute Gasteiger partial charge is 0.394 e. The van der Waals surface area contributed by atoms with E-state index in [2.05, 4.69) is 49.7 Å². The number of aliphatic hydroxyl groups excluding tert-OH is 1. The van der Waals surface area contributed by atoms with E-state index >= 15 is 0 Å². The summed E-state index contributed by atoms with van der Waals surface area (Å²) in [5.74, 6) is 0. The van der Waals surface area contributed by atoms with E-state index in [0.717, 1.165) is 32.5 Å². The average molecular weight is 300 g/mol. The molecule has 1 aliphatic heterocycles. The number of nitrogens with one attached hydrogen (secondary N) is 1. The molecule has 21 heavy (non-hydrogen) atoms. The van der Waals surface area contributed by atoms with Crippen LogP contribution in [0.4, 0.5) is 0 Å². The SMILES string of the molecule is CCCNC(C)(CO)CC(C)N1CCC(N(CC)CC)C1. The average Bonchev–Trinajstić information content (AvgIpc) is 2.96. The first-order valence-corrected chi connectivity index (χ1v) is 8.83. The third kappa shape index (κ3) is 5.51. The van der Waals surface area contributed by atoms with Crippen molar-refractivity contribution >= 4 is 0 Å². The van der Waals surface area contributed by atoms with Gasteiger partial charge in [-0.1, -0.05) is 20.8 Å². The van der Waals surface area contributed by atoms with E-state index < -0.39 is 0 Å². The van der Waals surface area contributed by atoms with Crippen molar-refractivity contribution in [3.8, 4) is 0 Å². The molecule has 1 heterocycles. The van der Waals surface area contributed by atoms with Crippen LogP contribution in [0.5, 0.6) is 0 Å². The molecule has 0 bridgehead atoms. The summed E-state index contributed by atoms with van der Waals surface area (Å²) >= 11 is 0. The molecule has 0 aromatic rings. The molecule has 0 aliphatic carbocycles. The molecule has 0 saturated carbocycles. The maximum Gasteiger partial charge on any atom is 0.0611 e. The maximum absolute atomic E-state index is 9.73. The van der Waals surface area contributed by atoms with Crippen LogP contribution in [-0.4, -0.2) is 71.9 Å². The smallest absolute Gasteiger partial charge is 0.0611 e. The Morgan fingerprint density at radius 1 is 1.33 bits per heavy atom. The van der Waals surface area contributed by atoms with Crippen LogP contribution >= 0.6 is 0 Å². The first kappa shape index (κ1) is 18.9. The summed E-state index contributed by atoms with van der Waals surface area (Å²) in [6.45, 7) is 17.0. The molecule has 2 N–H and O–H groups in total. The third-order valence-electron chi connectivity index (χ3n) is 5.04. The van der Waals surface area contributed by atoms with Crippen molar-refractivity contribution in [1.82, 2.24) is 15.1 Å². The second-order valence-electron chi connectivity index (χ2n) is 6.86. The Hall–Kier alpha value is -0.160. The molecule has 4 nitrogen and oxygen atoms in total. The summed E-state index contributed by atoms with van der Waals surface area (Å²) in [5.41, 5.74) is -0.150. The molecule has 1 fully saturated rings. The Balaban J connectivity index is 2.50. The molecule has 1 rings (SSSR count). The molecule has 0 amide bonds. The lowest BCUT2D eigenvalue weighted by molar-refractivity contribution is 0.120. The molecule has 1 saturated heterocycles. The van der Waals surface area contributed by atoms with E-state index in [1.807, 2.05) is 0 Å². The van der Waals surface area contributed by atoms with Crippen molar-refractivity contribution in [2.24, 2.45) is 0 Å². The summed E-state index contributed by atoms with van der Waals surface area (Å²) in [6, 6.07) is 1.23. The molecule has 0 spiro atoms. The minimum absolute atomic E-state index is 0.150. The highest BCUT2D eigenvalue weighted by molar-refractivity contribution is 4.91. The number of rotatable bonds is 10. The number of hydrogen-bond acceptors (Lipinski definition) is 4. The van der Waals surface area contributed by atoms with Crippen LogP contribution in [0.1, 0.15) is 53.9 Å². The quantitative estimate of drug-likeness (QED) is 0.646. The first-order valence-electron chi connectivity index (χ1n) is 8.83. The van der Waals surface area contributed by atoms with Crippen LogP contribution in [0.3, 0.4) is 0 Å². The maximum atomic E-state index is 9.73. The van der Waals surface area contributed by atoms with E-state index in [-0.39, 0.29) is 12.1 Å². The molecular weight excluding hydrogens is 262 g/mol. The topological polar surface area (TPSA) is 38.7 Å². The summed E-state index contributed by atoms with van der Waals surface area (Å²) in [7, 11) is 0. The molecule has 4 heteroatoms. The zero-order valence-corrected chi connectivity index (χ0v) is 14.9. The van der Waals surface area contributed by atoms with Crippen molar-refractivity contribution in [2.75, 3.05) is 39.3 Å². The van der Waals surface area contributed by atoms with Crippen molar-refractivity contribution in [1.29, 1.82) is 0 Å². The standard InChI is InChI=1S/C17H37N3O/c1-6-10-18-17(5,14-21)12-15(4)20-11-9-16(13-20)19(7-2)8-3/h15-16,18,21H,6-14H2,1-5H3. The summed E-state index contributed by atoms with van der Waals surface area (Å²) < 4.78 is 0. The Labute approximate surface area is 131 Å². The summed E-state index contributed by atoms with van der Waals surface area (Å²) in [6.07, 6.45) is 3.40. The fourth-order valence-corrected chi connectivity index (χ4v) is 3.61. The van der Waals surface area contributed by atoms with Crippen molar-refractivity contribution in [3.05, 3.63) is 0 Å². The second-order valence-corrected chi connectivity index (χ2v) is 6.86. The van der Waals surface area contributed by atoms with E-state index in [9.17, 15) is 5.11 Å². The van der Waals surface area contributed by atoms with Crippen LogP contribution < -0.4 is 5.32 Å². The van der Waals surface area contributed by atoms with Gasteiger partial charge in [0.25, 0.3) is 0 Å². The predicted molar refractivity (Wildman–Crippen MR) is 90.8 cm³/mol. The monoisotopic (exact) mass is 299 g/mol. The van der Waals surface area contributed by atoms with Gasteiger partial charge in [-0.15, -0.1) is 0 Å². The van der Waals surface area contributed by atoms with Gasteiger partial charge in [0.2, 0.25) is 0 Å². The van der Waals surface area contributed by atoms with E-state index in [4.69, 9.17) is 0 Å². The lowest BCUT2D eigenvalue weighted by Crippen LogP contribution is -2.51. The number of hydrogen-bond donors (Lipinski definition) is 2. The summed E-state index contributed by atoms with van der Waals surface area (Å²) in [5, 5.41) is 13.2. The zero-order chi connectivity index (χ0) is 15.9. The number of aliphatic hydroxyl groups is 1. The minimum Gasteiger partial charge on any atom is -0.394 e. The normalized spacial score (nSPS) is 24.4. The van der Waals surface area contributed by atoms with Gasteiger partial charge in [-0.25, -0.2) is 0 Å². The van der Waals surface area contributed by atoms with Gasteiger partial charge in [-0.05, 0) is 52.7 Å². The van der Waals surface area contributed by atoms with Gasteiger partial charge < -0.3 is 10.4 Å². The lowest BCUT2D eigenvalue weighted by Gasteiger charge is -2.36. The third-order valence-corrected chi connectivity index (χ3v) is 5.04. The first-order chi connectivity index (χ1) is 9.99. The molecule has 126 valence electrons. The highest BCUT2D eigenvalue weighted by Gasteiger charge is 2.32. The van der Waals surface area contributed by atoms with Crippen LogP contribution in [0.2, 0.25) is 0 Å². The number of nitrogens with zero attached hydrogens (tertiary/aromatic N) is 2. The van der Waals surface area contributed by atoms with E-state index in [1.54, 1.807) is 0 Å². The molecule has 0 aromatic carbocycles. The highest BCUT2D eigenvalue weighted by Crippen LogP contribution is 2.22. The van der Waals surface area contributed by atoms with E-state index in [0.29, 0.717) is 12.1 Å². The van der Waals surface area contributed by atoms with Crippen molar-refractivity contribution < 1.29 is 5.11 Å². The second kappa shape index (κ2) is 9.09. The van der Waals surface area contributed by atoms with Gasteiger partial charge in [0.15, 0.2) is 0 Å². The molecular formula is C17H37N3O.